The topological polar surface area (TPSA) is 114 Å². The van der Waals surface area contributed by atoms with E-state index in [0.717, 1.165) is 9.79 Å². The molecule has 3 aromatic carbocycles. The second kappa shape index (κ2) is 14.1. The summed E-state index contributed by atoms with van der Waals surface area (Å²) >= 11 is 7.49. The summed E-state index contributed by atoms with van der Waals surface area (Å²) in [7, 11) is 0. The van der Waals surface area contributed by atoms with Crippen LogP contribution in [-0.2, 0) is 23.9 Å². The summed E-state index contributed by atoms with van der Waals surface area (Å²) in [5.41, 5.74) is 1.77. The molecule has 3 aromatic rings. The fraction of sp³-hybridized carbons (Fsp3) is 0.185. The van der Waals surface area contributed by atoms with Crippen molar-refractivity contribution in [2.45, 2.75) is 36.0 Å². The van der Waals surface area contributed by atoms with Crippen molar-refractivity contribution in [2.75, 3.05) is 22.6 Å². The summed E-state index contributed by atoms with van der Waals surface area (Å²) in [6.45, 7) is 0.970. The van der Waals surface area contributed by atoms with Crippen LogP contribution in [0, 0.1) is 0 Å². The molecule has 0 aliphatic rings. The lowest BCUT2D eigenvalue weighted by Gasteiger charge is -2.08. The van der Waals surface area contributed by atoms with Crippen LogP contribution in [-0.4, -0.2) is 30.3 Å². The highest BCUT2D eigenvalue weighted by molar-refractivity contribution is 7.99. The quantitative estimate of drug-likeness (QED) is 0.268. The maximum atomic E-state index is 12.2. The smallest absolute Gasteiger partial charge is 0.306 e. The van der Waals surface area contributed by atoms with Crippen LogP contribution in [0.2, 0.25) is 5.02 Å². The zero-order valence-corrected chi connectivity index (χ0v) is 21.7. The van der Waals surface area contributed by atoms with Gasteiger partial charge >= 0.3 is 5.97 Å². The fourth-order valence-electron chi connectivity index (χ4n) is 3.12. The number of anilines is 3. The second-order valence-electron chi connectivity index (χ2n) is 7.95. The van der Waals surface area contributed by atoms with Gasteiger partial charge in [-0.05, 0) is 79.2 Å². The minimum absolute atomic E-state index is 0.0166. The molecule has 0 unspecified atom stereocenters. The Kier molecular flexibility index (Phi) is 10.5. The summed E-state index contributed by atoms with van der Waals surface area (Å²) in [5.74, 6) is -1.46. The number of esters is 1. The lowest BCUT2D eigenvalue weighted by molar-refractivity contribution is -0.147. The Morgan fingerprint density at radius 1 is 0.703 bits per heavy atom. The molecule has 0 fully saturated rings. The third kappa shape index (κ3) is 10.4. The van der Waals surface area contributed by atoms with Crippen LogP contribution in [0.5, 0.6) is 0 Å². The van der Waals surface area contributed by atoms with Crippen LogP contribution >= 0.6 is 23.4 Å². The molecule has 192 valence electrons. The molecule has 0 heterocycles. The summed E-state index contributed by atoms with van der Waals surface area (Å²) in [4.78, 5) is 49.2. The number of halogens is 1. The minimum Gasteiger partial charge on any atom is -0.456 e. The Morgan fingerprint density at radius 3 is 1.76 bits per heavy atom. The van der Waals surface area contributed by atoms with E-state index in [2.05, 4.69) is 16.0 Å². The molecule has 0 saturated carbocycles. The van der Waals surface area contributed by atoms with Crippen molar-refractivity contribution >= 4 is 64.1 Å². The third-order valence-corrected chi connectivity index (χ3v) is 6.09. The number of nitrogens with one attached hydrogen (secondary N) is 3. The van der Waals surface area contributed by atoms with Crippen LogP contribution in [0.4, 0.5) is 17.1 Å². The lowest BCUT2D eigenvalue weighted by atomic mass is 10.2. The molecule has 0 spiro atoms. The predicted octanol–water partition coefficient (Wildman–Crippen LogP) is 5.74. The zero-order chi connectivity index (χ0) is 26.6. The lowest BCUT2D eigenvalue weighted by Crippen LogP contribution is -2.21. The molecule has 10 heteroatoms. The molecule has 3 N–H and O–H groups in total. The van der Waals surface area contributed by atoms with E-state index in [4.69, 9.17) is 16.3 Å². The van der Waals surface area contributed by atoms with Gasteiger partial charge in [0.2, 0.25) is 11.8 Å². The van der Waals surface area contributed by atoms with Gasteiger partial charge in [-0.1, -0.05) is 23.4 Å². The number of benzene rings is 3. The molecule has 0 aromatic heterocycles. The molecule has 3 amide bonds. The van der Waals surface area contributed by atoms with Gasteiger partial charge in [0.1, 0.15) is 0 Å². The molecule has 8 nitrogen and oxygen atoms in total. The first-order valence-electron chi connectivity index (χ1n) is 11.4. The number of carbonyl (C=O) groups excluding carboxylic acids is 4. The molecule has 37 heavy (non-hydrogen) atoms. The molecule has 3 rings (SSSR count). The summed E-state index contributed by atoms with van der Waals surface area (Å²) in [5, 5.41) is 8.71. The Balaban J connectivity index is 1.31. The summed E-state index contributed by atoms with van der Waals surface area (Å²) in [6.07, 6.45) is 0.452. The van der Waals surface area contributed by atoms with Gasteiger partial charge in [0.05, 0.1) is 0 Å². The van der Waals surface area contributed by atoms with Crippen LogP contribution in [0.3, 0.4) is 0 Å². The van der Waals surface area contributed by atoms with Gasteiger partial charge in [-0.3, -0.25) is 19.2 Å². The molecule has 0 bridgehead atoms. The Bertz CT molecular complexity index is 1230. The van der Waals surface area contributed by atoms with Gasteiger partial charge in [0.15, 0.2) is 6.61 Å². The van der Waals surface area contributed by atoms with E-state index < -0.39 is 18.5 Å². The predicted molar refractivity (Wildman–Crippen MR) is 145 cm³/mol. The fourth-order valence-corrected chi connectivity index (χ4v) is 4.06. The molecular weight excluding hydrogens is 514 g/mol. The molecule has 0 radical (unpaired) electrons. The van der Waals surface area contributed by atoms with E-state index in [0.29, 0.717) is 28.5 Å². The van der Waals surface area contributed by atoms with E-state index in [1.54, 1.807) is 36.0 Å². The first-order valence-corrected chi connectivity index (χ1v) is 12.6. The van der Waals surface area contributed by atoms with Crippen LogP contribution < -0.4 is 16.0 Å². The van der Waals surface area contributed by atoms with Gasteiger partial charge in [-0.2, -0.15) is 0 Å². The highest BCUT2D eigenvalue weighted by Gasteiger charge is 2.10. The standard InChI is InChI=1S/C27H26ClN3O5S/c1-18(32)29-20-7-9-21(10-8-20)31-26(34)17-36-27(35)4-2-3-25(33)30-22-11-15-24(16-12-22)37-23-13-5-19(28)6-14-23/h5-16H,2-4,17H2,1H3,(H,29,32)(H,30,33)(H,31,34). The van der Waals surface area contributed by atoms with Crippen LogP contribution in [0.25, 0.3) is 0 Å². The Hall–Kier alpha value is -3.82. The monoisotopic (exact) mass is 539 g/mol. The van der Waals surface area contributed by atoms with Crippen molar-refractivity contribution in [3.05, 3.63) is 77.8 Å². The number of amides is 3. The highest BCUT2D eigenvalue weighted by atomic mass is 35.5. The molecule has 0 aliphatic carbocycles. The van der Waals surface area contributed by atoms with E-state index in [1.807, 2.05) is 48.5 Å². The maximum Gasteiger partial charge on any atom is 0.306 e. The Morgan fingerprint density at radius 2 is 1.19 bits per heavy atom. The number of carbonyl (C=O) groups is 4. The van der Waals surface area contributed by atoms with Crippen molar-refractivity contribution in [3.8, 4) is 0 Å². The van der Waals surface area contributed by atoms with E-state index in [1.165, 1.54) is 6.92 Å². The number of ether oxygens (including phenoxy) is 1. The average Bonchev–Trinajstić information content (AvgIpc) is 2.86. The normalized spacial score (nSPS) is 10.3. The molecule has 0 saturated heterocycles. The first-order chi connectivity index (χ1) is 17.8. The van der Waals surface area contributed by atoms with Gasteiger partial charge in [0.25, 0.3) is 5.91 Å². The van der Waals surface area contributed by atoms with Gasteiger partial charge in [-0.25, -0.2) is 0 Å². The van der Waals surface area contributed by atoms with Crippen molar-refractivity contribution in [1.29, 1.82) is 0 Å². The minimum atomic E-state index is -0.562. The second-order valence-corrected chi connectivity index (χ2v) is 9.53. The van der Waals surface area contributed by atoms with Crippen molar-refractivity contribution in [2.24, 2.45) is 0 Å². The number of hydrogen-bond donors (Lipinski definition) is 3. The van der Waals surface area contributed by atoms with E-state index in [-0.39, 0.29) is 24.7 Å². The average molecular weight is 540 g/mol. The van der Waals surface area contributed by atoms with Gasteiger partial charge in [-0.15, -0.1) is 0 Å². The van der Waals surface area contributed by atoms with Crippen molar-refractivity contribution in [1.82, 2.24) is 0 Å². The highest BCUT2D eigenvalue weighted by Crippen LogP contribution is 2.29. The first kappa shape index (κ1) is 27.8. The SMILES string of the molecule is CC(=O)Nc1ccc(NC(=O)COC(=O)CCCC(=O)Nc2ccc(Sc3ccc(Cl)cc3)cc2)cc1. The molecular formula is C27H26ClN3O5S. The van der Waals surface area contributed by atoms with Crippen LogP contribution in [0.1, 0.15) is 26.2 Å². The van der Waals surface area contributed by atoms with Crippen molar-refractivity contribution < 1.29 is 23.9 Å². The maximum absolute atomic E-state index is 12.2. The van der Waals surface area contributed by atoms with Gasteiger partial charge in [0, 0.05) is 51.6 Å². The number of rotatable bonds is 11. The van der Waals surface area contributed by atoms with E-state index >= 15 is 0 Å². The summed E-state index contributed by atoms with van der Waals surface area (Å²) < 4.78 is 4.97. The van der Waals surface area contributed by atoms with Crippen LogP contribution in [0.15, 0.2) is 82.6 Å². The third-order valence-electron chi connectivity index (χ3n) is 4.83. The molecule has 0 atom stereocenters. The number of hydrogen-bond acceptors (Lipinski definition) is 6. The Labute approximate surface area is 224 Å². The van der Waals surface area contributed by atoms with Crippen molar-refractivity contribution in [3.63, 3.8) is 0 Å². The molecule has 0 aliphatic heterocycles. The van der Waals surface area contributed by atoms with Gasteiger partial charge < -0.3 is 20.7 Å². The largest absolute Gasteiger partial charge is 0.456 e. The zero-order valence-electron chi connectivity index (χ0n) is 20.1. The summed E-state index contributed by atoms with van der Waals surface area (Å²) in [6, 6.07) is 21.5. The van der Waals surface area contributed by atoms with E-state index in [9.17, 15) is 19.2 Å².